The van der Waals surface area contributed by atoms with Crippen molar-refractivity contribution in [1.82, 2.24) is 0 Å². The number of hydrogen-bond acceptors (Lipinski definition) is 1. The van der Waals surface area contributed by atoms with Crippen LogP contribution in [0.4, 0.5) is 0 Å². The molecular weight excluding hydrogens is 136 g/mol. The third kappa shape index (κ3) is 17.6. The number of rotatable bonds is 2. The van der Waals surface area contributed by atoms with E-state index < -0.39 is 0 Å². The van der Waals surface area contributed by atoms with Gasteiger partial charge in [-0.25, -0.2) is 4.99 Å². The minimum Gasteiger partial charge on any atom is -0.271 e. The first kappa shape index (κ1) is 13.0. The lowest BCUT2D eigenvalue weighted by Gasteiger charge is -1.90. The minimum absolute atomic E-state index is 0.355. The van der Waals surface area contributed by atoms with Crippen molar-refractivity contribution >= 4 is 12.1 Å². The molecule has 0 aromatic rings. The smallest absolute Gasteiger partial charge is 0.110 e. The highest BCUT2D eigenvalue weighted by atomic mass is 14.9. The summed E-state index contributed by atoms with van der Waals surface area (Å²) in [6.45, 7) is 12.0. The van der Waals surface area contributed by atoms with Crippen molar-refractivity contribution in [3.05, 3.63) is 0 Å². The van der Waals surface area contributed by atoms with Crippen molar-refractivity contribution in [2.75, 3.05) is 0 Å². The second-order valence-corrected chi connectivity index (χ2v) is 2.43. The van der Waals surface area contributed by atoms with Crippen molar-refractivity contribution in [2.45, 2.75) is 47.6 Å². The molecule has 0 spiro atoms. The highest BCUT2D eigenvalue weighted by Crippen LogP contribution is 1.82. The van der Waals surface area contributed by atoms with Crippen LogP contribution < -0.4 is 0 Å². The summed E-state index contributed by atoms with van der Waals surface area (Å²) in [5, 5.41) is 0. The Bertz CT molecular complexity index is 120. The Morgan fingerprint density at radius 3 is 1.91 bits per heavy atom. The second-order valence-electron chi connectivity index (χ2n) is 2.43. The lowest BCUT2D eigenvalue weighted by molar-refractivity contribution is 0.839. The van der Waals surface area contributed by atoms with E-state index in [2.05, 4.69) is 9.98 Å². The molecule has 2 nitrogen and oxygen atoms in total. The molecule has 0 bridgehead atoms. The summed E-state index contributed by atoms with van der Waals surface area (Å²) in [5.74, 6) is 0. The second kappa shape index (κ2) is 9.34. The van der Waals surface area contributed by atoms with E-state index in [-0.39, 0.29) is 0 Å². The zero-order valence-corrected chi connectivity index (χ0v) is 8.55. The molecule has 0 aliphatic heterocycles. The maximum Gasteiger partial charge on any atom is 0.110 e. The van der Waals surface area contributed by atoms with E-state index in [1.54, 1.807) is 6.34 Å². The molecule has 11 heavy (non-hydrogen) atoms. The SMILES string of the molecule is CC.CC(C)=NC=NC(C)C. The molecule has 0 aromatic heterocycles. The van der Waals surface area contributed by atoms with Gasteiger partial charge >= 0.3 is 0 Å². The van der Waals surface area contributed by atoms with E-state index in [1.807, 2.05) is 41.5 Å². The largest absolute Gasteiger partial charge is 0.271 e. The van der Waals surface area contributed by atoms with Gasteiger partial charge in [0.2, 0.25) is 0 Å². The lowest BCUT2D eigenvalue weighted by Crippen LogP contribution is -1.88. The monoisotopic (exact) mass is 156 g/mol. The van der Waals surface area contributed by atoms with Crippen molar-refractivity contribution in [3.63, 3.8) is 0 Å². The quantitative estimate of drug-likeness (QED) is 0.434. The van der Waals surface area contributed by atoms with Gasteiger partial charge in [0.15, 0.2) is 0 Å². The average Bonchev–Trinajstić information content (AvgIpc) is 1.90. The third-order valence-electron chi connectivity index (χ3n) is 0.681. The number of hydrogen-bond donors (Lipinski definition) is 0. The Morgan fingerprint density at radius 1 is 1.18 bits per heavy atom. The van der Waals surface area contributed by atoms with E-state index in [9.17, 15) is 0 Å². The average molecular weight is 156 g/mol. The van der Waals surface area contributed by atoms with Crippen molar-refractivity contribution in [2.24, 2.45) is 9.98 Å². The zero-order valence-electron chi connectivity index (χ0n) is 8.55. The predicted molar refractivity (Wildman–Crippen MR) is 53.8 cm³/mol. The Labute approximate surface area is 70.5 Å². The molecule has 0 N–H and O–H groups in total. The highest BCUT2D eigenvalue weighted by Gasteiger charge is 1.80. The maximum absolute atomic E-state index is 4.05. The molecule has 0 heterocycles. The Hall–Kier alpha value is -0.660. The lowest BCUT2D eigenvalue weighted by atomic mass is 10.4. The molecule has 2 heteroatoms. The van der Waals surface area contributed by atoms with E-state index in [0.717, 1.165) is 5.71 Å². The van der Waals surface area contributed by atoms with Gasteiger partial charge in [-0.15, -0.1) is 0 Å². The fraction of sp³-hybridized carbons (Fsp3) is 0.778. The third-order valence-corrected chi connectivity index (χ3v) is 0.681. The van der Waals surface area contributed by atoms with E-state index in [0.29, 0.717) is 6.04 Å². The molecule has 0 aliphatic carbocycles. The van der Waals surface area contributed by atoms with Crippen molar-refractivity contribution < 1.29 is 0 Å². The summed E-state index contributed by atoms with van der Waals surface area (Å²) in [7, 11) is 0. The topological polar surface area (TPSA) is 24.7 Å². The molecule has 0 unspecified atom stereocenters. The Balaban J connectivity index is 0. The van der Waals surface area contributed by atoms with Crippen LogP contribution in [0.25, 0.3) is 0 Å². The van der Waals surface area contributed by atoms with E-state index in [4.69, 9.17) is 0 Å². The first-order valence-corrected chi connectivity index (χ1v) is 4.15. The van der Waals surface area contributed by atoms with Crippen molar-refractivity contribution in [3.8, 4) is 0 Å². The van der Waals surface area contributed by atoms with E-state index >= 15 is 0 Å². The molecule has 0 radical (unpaired) electrons. The van der Waals surface area contributed by atoms with Crippen LogP contribution in [-0.2, 0) is 0 Å². The van der Waals surface area contributed by atoms with Gasteiger partial charge in [0.1, 0.15) is 6.34 Å². The van der Waals surface area contributed by atoms with Crippen molar-refractivity contribution in [1.29, 1.82) is 0 Å². The fourth-order valence-corrected chi connectivity index (χ4v) is 0.282. The van der Waals surface area contributed by atoms with E-state index in [1.165, 1.54) is 0 Å². The minimum atomic E-state index is 0.355. The molecule has 0 aromatic carbocycles. The molecule has 0 fully saturated rings. The summed E-state index contributed by atoms with van der Waals surface area (Å²) < 4.78 is 0. The van der Waals surface area contributed by atoms with Crippen LogP contribution >= 0.6 is 0 Å². The van der Waals surface area contributed by atoms with Gasteiger partial charge in [-0.1, -0.05) is 13.8 Å². The molecule has 0 saturated heterocycles. The highest BCUT2D eigenvalue weighted by molar-refractivity contribution is 5.86. The molecule has 0 atom stereocenters. The van der Waals surface area contributed by atoms with Crippen LogP contribution in [0.1, 0.15) is 41.5 Å². The van der Waals surface area contributed by atoms with Crippen LogP contribution in [0.5, 0.6) is 0 Å². The van der Waals surface area contributed by atoms with Crippen LogP contribution in [-0.4, -0.2) is 18.1 Å². The van der Waals surface area contributed by atoms with Gasteiger partial charge in [-0.3, -0.25) is 4.99 Å². The summed E-state index contributed by atoms with van der Waals surface area (Å²) >= 11 is 0. The number of aliphatic imine (C=N–C) groups is 2. The van der Waals surface area contributed by atoms with Gasteiger partial charge in [0.25, 0.3) is 0 Å². The van der Waals surface area contributed by atoms with Gasteiger partial charge in [-0.05, 0) is 27.7 Å². The summed E-state index contributed by atoms with van der Waals surface area (Å²) in [6.07, 6.45) is 1.61. The van der Waals surface area contributed by atoms with Crippen LogP contribution in [0.3, 0.4) is 0 Å². The molecular formula is C9H20N2. The number of nitrogens with zero attached hydrogens (tertiary/aromatic N) is 2. The Morgan fingerprint density at radius 2 is 1.64 bits per heavy atom. The molecule has 66 valence electrons. The zero-order chi connectivity index (χ0) is 9.28. The summed E-state index contributed by atoms with van der Waals surface area (Å²) in [5.41, 5.74) is 1.04. The first-order valence-electron chi connectivity index (χ1n) is 4.15. The maximum atomic E-state index is 4.05. The molecule has 0 rings (SSSR count). The Kier molecular flexibility index (Phi) is 11.0. The van der Waals surface area contributed by atoms with Crippen LogP contribution in [0.2, 0.25) is 0 Å². The fourth-order valence-electron chi connectivity index (χ4n) is 0.282. The summed E-state index contributed by atoms with van der Waals surface area (Å²) in [6, 6.07) is 0.355. The molecule has 0 saturated carbocycles. The van der Waals surface area contributed by atoms with Gasteiger partial charge in [-0.2, -0.15) is 0 Å². The standard InChI is InChI=1S/C7H14N2.C2H6/c1-6(2)8-5-9-7(3)4;1-2/h5-6H,1-4H3;1-2H3. The van der Waals surface area contributed by atoms with Gasteiger partial charge < -0.3 is 0 Å². The molecule has 0 amide bonds. The normalized spacial score (nSPS) is 9.36. The molecule has 0 aliphatic rings. The van der Waals surface area contributed by atoms with Gasteiger partial charge in [0.05, 0.1) is 0 Å². The first-order chi connectivity index (χ1) is 5.13. The summed E-state index contributed by atoms with van der Waals surface area (Å²) in [4.78, 5) is 8.04. The predicted octanol–water partition coefficient (Wildman–Crippen LogP) is 2.93. The van der Waals surface area contributed by atoms with Crippen LogP contribution in [0.15, 0.2) is 9.98 Å². The van der Waals surface area contributed by atoms with Gasteiger partial charge in [0, 0.05) is 11.8 Å². The van der Waals surface area contributed by atoms with Crippen LogP contribution in [0, 0.1) is 0 Å².